The van der Waals surface area contributed by atoms with Crippen molar-refractivity contribution in [3.63, 3.8) is 0 Å². The molecule has 5 nitrogen and oxygen atoms in total. The van der Waals surface area contributed by atoms with Gasteiger partial charge in [-0.25, -0.2) is 4.98 Å². The van der Waals surface area contributed by atoms with Crippen LogP contribution in [0.3, 0.4) is 0 Å². The number of aliphatic hydroxyl groups excluding tert-OH is 1. The van der Waals surface area contributed by atoms with Gasteiger partial charge in [-0.15, -0.1) is 0 Å². The second kappa shape index (κ2) is 5.31. The van der Waals surface area contributed by atoms with Crippen molar-refractivity contribution < 1.29 is 9.84 Å². The smallest absolute Gasteiger partial charge is 0.226 e. The first-order valence-corrected chi connectivity index (χ1v) is 6.10. The molecule has 5 heteroatoms. The number of nitrogens with one attached hydrogen (secondary N) is 1. The summed E-state index contributed by atoms with van der Waals surface area (Å²) in [6.07, 6.45) is 2.32. The van der Waals surface area contributed by atoms with Gasteiger partial charge in [0.05, 0.1) is 12.7 Å². The quantitative estimate of drug-likeness (QED) is 0.812. The van der Waals surface area contributed by atoms with E-state index in [1.165, 1.54) is 0 Å². The Labute approximate surface area is 101 Å². The van der Waals surface area contributed by atoms with E-state index in [0.717, 1.165) is 25.0 Å². The number of aryl methyl sites for hydroxylation is 1. The number of aliphatic hydroxyl groups is 1. The van der Waals surface area contributed by atoms with E-state index in [1.807, 2.05) is 13.0 Å². The third-order valence-corrected chi connectivity index (χ3v) is 2.73. The summed E-state index contributed by atoms with van der Waals surface area (Å²) in [7, 11) is 0. The molecule has 94 valence electrons. The summed E-state index contributed by atoms with van der Waals surface area (Å²) in [5.74, 6) is 1.20. The molecule has 1 heterocycles. The van der Waals surface area contributed by atoms with Crippen molar-refractivity contribution in [2.24, 2.45) is 0 Å². The van der Waals surface area contributed by atoms with Crippen molar-refractivity contribution in [2.75, 3.05) is 11.9 Å². The summed E-state index contributed by atoms with van der Waals surface area (Å²) in [4.78, 5) is 8.60. The third-order valence-electron chi connectivity index (χ3n) is 2.73. The van der Waals surface area contributed by atoms with E-state index in [4.69, 9.17) is 4.74 Å². The van der Waals surface area contributed by atoms with E-state index in [2.05, 4.69) is 22.2 Å². The Morgan fingerprint density at radius 2 is 2.24 bits per heavy atom. The van der Waals surface area contributed by atoms with Crippen LogP contribution in [0.15, 0.2) is 6.07 Å². The first kappa shape index (κ1) is 12.1. The van der Waals surface area contributed by atoms with Gasteiger partial charge in [0.15, 0.2) is 0 Å². The molecule has 1 aliphatic rings. The molecule has 0 unspecified atom stereocenters. The Balaban J connectivity index is 1.98. The Morgan fingerprint density at radius 3 is 2.88 bits per heavy atom. The van der Waals surface area contributed by atoms with Crippen molar-refractivity contribution in [3.05, 3.63) is 11.8 Å². The third kappa shape index (κ3) is 3.30. The number of rotatable bonds is 5. The number of aromatic nitrogens is 2. The number of nitrogens with zero attached hydrogens (tertiary/aromatic N) is 2. The summed E-state index contributed by atoms with van der Waals surface area (Å²) in [5.41, 5.74) is 0.883. The Kier molecular flexibility index (Phi) is 3.78. The van der Waals surface area contributed by atoms with Crippen molar-refractivity contribution in [1.82, 2.24) is 9.97 Å². The van der Waals surface area contributed by atoms with Gasteiger partial charge in [-0.3, -0.25) is 0 Å². The van der Waals surface area contributed by atoms with Crippen LogP contribution in [0.1, 0.15) is 31.9 Å². The molecule has 0 amide bonds. The number of ether oxygens (including phenoxy) is 1. The fourth-order valence-electron chi connectivity index (χ4n) is 1.77. The average molecular weight is 237 g/mol. The zero-order valence-electron chi connectivity index (χ0n) is 10.3. The lowest BCUT2D eigenvalue weighted by molar-refractivity contribution is 0.0834. The largest absolute Gasteiger partial charge is 0.478 e. The molecule has 1 aromatic rings. The highest BCUT2D eigenvalue weighted by atomic mass is 16.5. The van der Waals surface area contributed by atoms with Gasteiger partial charge in [-0.2, -0.15) is 4.98 Å². The second-order valence-corrected chi connectivity index (χ2v) is 4.49. The lowest BCUT2D eigenvalue weighted by atomic mass is 9.90. The summed E-state index contributed by atoms with van der Waals surface area (Å²) in [6, 6.07) is 2.11. The summed E-state index contributed by atoms with van der Waals surface area (Å²) >= 11 is 0. The summed E-state index contributed by atoms with van der Waals surface area (Å²) in [6.45, 7) is 4.64. The van der Waals surface area contributed by atoms with Crippen LogP contribution in [0.2, 0.25) is 0 Å². The van der Waals surface area contributed by atoms with Crippen LogP contribution >= 0.6 is 0 Å². The van der Waals surface area contributed by atoms with Crippen LogP contribution < -0.4 is 10.1 Å². The number of anilines is 1. The van der Waals surface area contributed by atoms with E-state index in [1.54, 1.807) is 0 Å². The maximum Gasteiger partial charge on any atom is 0.226 e. The molecule has 1 aliphatic carbocycles. The van der Waals surface area contributed by atoms with E-state index in [0.29, 0.717) is 18.4 Å². The molecule has 1 fully saturated rings. The molecule has 0 saturated heterocycles. The van der Waals surface area contributed by atoms with Crippen LogP contribution in [0.4, 0.5) is 5.95 Å². The lowest BCUT2D eigenvalue weighted by Crippen LogP contribution is -2.39. The minimum Gasteiger partial charge on any atom is -0.478 e. The molecular formula is C12H19N3O2. The molecule has 2 rings (SSSR count). The van der Waals surface area contributed by atoms with Gasteiger partial charge in [-0.1, -0.05) is 6.92 Å². The van der Waals surface area contributed by atoms with Crippen LogP contribution in [0.25, 0.3) is 0 Å². The highest BCUT2D eigenvalue weighted by Gasteiger charge is 2.27. The Hall–Kier alpha value is -1.36. The van der Waals surface area contributed by atoms with Gasteiger partial charge < -0.3 is 15.2 Å². The maximum absolute atomic E-state index is 9.22. The molecule has 1 saturated carbocycles. The van der Waals surface area contributed by atoms with Crippen molar-refractivity contribution >= 4 is 5.95 Å². The highest BCUT2D eigenvalue weighted by molar-refractivity contribution is 5.32. The topological polar surface area (TPSA) is 67.3 Å². The molecule has 2 N–H and O–H groups in total. The zero-order chi connectivity index (χ0) is 12.3. The van der Waals surface area contributed by atoms with Gasteiger partial charge in [0.2, 0.25) is 11.8 Å². The Morgan fingerprint density at radius 1 is 1.47 bits per heavy atom. The molecule has 1 aromatic heterocycles. The standard InChI is InChI=1S/C12H19N3O2/c1-3-4-17-11-5-8(2)13-12(15-11)14-9-6-10(16)7-9/h5,9-10,16H,3-4,6-7H2,1-2H3,(H,13,14,15). The molecule has 0 spiro atoms. The fraction of sp³-hybridized carbons (Fsp3) is 0.667. The van der Waals surface area contributed by atoms with Crippen LogP contribution in [-0.4, -0.2) is 33.8 Å². The Bertz CT molecular complexity index is 378. The number of hydrogen-bond acceptors (Lipinski definition) is 5. The van der Waals surface area contributed by atoms with Gasteiger partial charge >= 0.3 is 0 Å². The summed E-state index contributed by atoms with van der Waals surface area (Å²) < 4.78 is 5.49. The maximum atomic E-state index is 9.22. The first-order chi connectivity index (χ1) is 8.17. The zero-order valence-corrected chi connectivity index (χ0v) is 10.3. The highest BCUT2D eigenvalue weighted by Crippen LogP contribution is 2.23. The molecule has 0 aliphatic heterocycles. The fourth-order valence-corrected chi connectivity index (χ4v) is 1.77. The van der Waals surface area contributed by atoms with Gasteiger partial charge in [0.25, 0.3) is 0 Å². The minimum atomic E-state index is -0.173. The van der Waals surface area contributed by atoms with Crippen LogP contribution in [-0.2, 0) is 0 Å². The normalized spacial score (nSPS) is 23.0. The first-order valence-electron chi connectivity index (χ1n) is 6.10. The molecule has 0 bridgehead atoms. The van der Waals surface area contributed by atoms with Crippen LogP contribution in [0.5, 0.6) is 5.88 Å². The molecule has 17 heavy (non-hydrogen) atoms. The predicted octanol–water partition coefficient (Wildman–Crippen LogP) is 1.51. The van der Waals surface area contributed by atoms with E-state index < -0.39 is 0 Å². The van der Waals surface area contributed by atoms with Crippen molar-refractivity contribution in [1.29, 1.82) is 0 Å². The SMILES string of the molecule is CCCOc1cc(C)nc(NC2CC(O)C2)n1. The number of hydrogen-bond donors (Lipinski definition) is 2. The van der Waals surface area contributed by atoms with Crippen molar-refractivity contribution in [3.8, 4) is 5.88 Å². The van der Waals surface area contributed by atoms with Crippen LogP contribution in [0, 0.1) is 6.92 Å². The molecule has 0 atom stereocenters. The van der Waals surface area contributed by atoms with E-state index >= 15 is 0 Å². The van der Waals surface area contributed by atoms with E-state index in [9.17, 15) is 5.11 Å². The van der Waals surface area contributed by atoms with Gasteiger partial charge in [0, 0.05) is 17.8 Å². The minimum absolute atomic E-state index is 0.173. The average Bonchev–Trinajstić information content (AvgIpc) is 2.23. The molecular weight excluding hydrogens is 218 g/mol. The predicted molar refractivity (Wildman–Crippen MR) is 65.2 cm³/mol. The second-order valence-electron chi connectivity index (χ2n) is 4.49. The monoisotopic (exact) mass is 237 g/mol. The van der Waals surface area contributed by atoms with E-state index in [-0.39, 0.29) is 12.1 Å². The molecule has 0 radical (unpaired) electrons. The van der Waals surface area contributed by atoms with Gasteiger partial charge in [-0.05, 0) is 26.2 Å². The van der Waals surface area contributed by atoms with Crippen molar-refractivity contribution in [2.45, 2.75) is 45.3 Å². The lowest BCUT2D eigenvalue weighted by Gasteiger charge is -2.31. The summed E-state index contributed by atoms with van der Waals surface area (Å²) in [5, 5.41) is 12.4. The molecule has 0 aromatic carbocycles. The van der Waals surface area contributed by atoms with Gasteiger partial charge in [0.1, 0.15) is 0 Å².